The summed E-state index contributed by atoms with van der Waals surface area (Å²) in [7, 11) is 0. The molecule has 0 spiro atoms. The molecule has 1 aliphatic heterocycles. The molecule has 1 rings (SSSR count). The van der Waals surface area contributed by atoms with E-state index in [0.717, 1.165) is 0 Å². The van der Waals surface area contributed by atoms with E-state index in [1.807, 2.05) is 13.8 Å². The molecule has 1 heterocycles. The Bertz CT molecular complexity index is 106. The van der Waals surface area contributed by atoms with Crippen LogP contribution in [0, 0.1) is 0 Å². The standard InChI is InChI=1S/C6H13NO2/c1-5(2)4-8-6(3,7)9-5/h4,7H2,1-3H3. The van der Waals surface area contributed by atoms with Gasteiger partial charge in [0.15, 0.2) is 0 Å². The molecule has 3 heteroatoms. The third-order valence-electron chi connectivity index (χ3n) is 1.19. The van der Waals surface area contributed by atoms with Gasteiger partial charge in [0.2, 0.25) is 5.91 Å². The fourth-order valence-electron chi connectivity index (χ4n) is 0.925. The fraction of sp³-hybridized carbons (Fsp3) is 1.00. The second-order valence-electron chi connectivity index (χ2n) is 3.17. The predicted octanol–water partition coefficient (Wildman–Crippen LogP) is 0.444. The van der Waals surface area contributed by atoms with E-state index in [-0.39, 0.29) is 5.60 Å². The van der Waals surface area contributed by atoms with Crippen LogP contribution in [0.3, 0.4) is 0 Å². The molecular formula is C6H13NO2. The summed E-state index contributed by atoms with van der Waals surface area (Å²) in [5.41, 5.74) is 5.29. The van der Waals surface area contributed by atoms with Crippen LogP contribution in [-0.2, 0) is 9.47 Å². The Morgan fingerprint density at radius 3 is 2.00 bits per heavy atom. The quantitative estimate of drug-likeness (QED) is 0.519. The van der Waals surface area contributed by atoms with E-state index in [1.54, 1.807) is 6.92 Å². The van der Waals surface area contributed by atoms with Crippen molar-refractivity contribution in [2.24, 2.45) is 5.73 Å². The predicted molar refractivity (Wildman–Crippen MR) is 33.7 cm³/mol. The van der Waals surface area contributed by atoms with E-state index in [9.17, 15) is 0 Å². The Hall–Kier alpha value is -0.120. The highest BCUT2D eigenvalue weighted by molar-refractivity contribution is 4.77. The second kappa shape index (κ2) is 1.68. The molecule has 1 aliphatic rings. The van der Waals surface area contributed by atoms with Crippen molar-refractivity contribution >= 4 is 0 Å². The van der Waals surface area contributed by atoms with Crippen LogP contribution in [0.4, 0.5) is 0 Å². The molecule has 0 aromatic heterocycles. The van der Waals surface area contributed by atoms with Crippen molar-refractivity contribution in [2.45, 2.75) is 32.3 Å². The Kier molecular flexibility index (Phi) is 1.31. The third kappa shape index (κ3) is 1.64. The molecule has 9 heavy (non-hydrogen) atoms. The summed E-state index contributed by atoms with van der Waals surface area (Å²) >= 11 is 0. The van der Waals surface area contributed by atoms with Crippen molar-refractivity contribution in [1.82, 2.24) is 0 Å². The molecule has 1 saturated heterocycles. The minimum atomic E-state index is -0.872. The van der Waals surface area contributed by atoms with Gasteiger partial charge in [-0.2, -0.15) is 0 Å². The lowest BCUT2D eigenvalue weighted by molar-refractivity contribution is -0.163. The molecule has 3 nitrogen and oxygen atoms in total. The van der Waals surface area contributed by atoms with E-state index < -0.39 is 5.91 Å². The lowest BCUT2D eigenvalue weighted by Crippen LogP contribution is -2.39. The number of rotatable bonds is 0. The van der Waals surface area contributed by atoms with Crippen LogP contribution in [0.1, 0.15) is 20.8 Å². The summed E-state index contributed by atoms with van der Waals surface area (Å²) < 4.78 is 10.4. The monoisotopic (exact) mass is 131 g/mol. The van der Waals surface area contributed by atoms with Gasteiger partial charge >= 0.3 is 0 Å². The highest BCUT2D eigenvalue weighted by atomic mass is 16.8. The summed E-state index contributed by atoms with van der Waals surface area (Å²) in [6, 6.07) is 0. The first-order valence-electron chi connectivity index (χ1n) is 3.04. The first-order valence-corrected chi connectivity index (χ1v) is 3.04. The first-order chi connectivity index (χ1) is 3.91. The van der Waals surface area contributed by atoms with E-state index in [1.165, 1.54) is 0 Å². The molecule has 0 bridgehead atoms. The molecule has 2 N–H and O–H groups in total. The summed E-state index contributed by atoms with van der Waals surface area (Å²) in [5, 5.41) is 0. The van der Waals surface area contributed by atoms with Crippen LogP contribution in [0.15, 0.2) is 0 Å². The van der Waals surface area contributed by atoms with Crippen LogP contribution < -0.4 is 5.73 Å². The summed E-state index contributed by atoms with van der Waals surface area (Å²) in [4.78, 5) is 0. The maximum absolute atomic E-state index is 5.51. The average molecular weight is 131 g/mol. The fourth-order valence-corrected chi connectivity index (χ4v) is 0.925. The van der Waals surface area contributed by atoms with Gasteiger partial charge in [-0.25, -0.2) is 0 Å². The molecule has 0 aliphatic carbocycles. The van der Waals surface area contributed by atoms with Gasteiger partial charge in [-0.15, -0.1) is 0 Å². The number of ether oxygens (including phenoxy) is 2. The van der Waals surface area contributed by atoms with Gasteiger partial charge in [0.25, 0.3) is 0 Å². The van der Waals surface area contributed by atoms with Crippen LogP contribution in [0.2, 0.25) is 0 Å². The first kappa shape index (κ1) is 6.99. The minimum absolute atomic E-state index is 0.219. The largest absolute Gasteiger partial charge is 0.335 e. The zero-order valence-corrected chi connectivity index (χ0v) is 6.10. The molecule has 0 amide bonds. The molecule has 0 aromatic rings. The molecule has 0 aromatic carbocycles. The lowest BCUT2D eigenvalue weighted by Gasteiger charge is -2.19. The summed E-state index contributed by atoms with van der Waals surface area (Å²) in [5.74, 6) is -0.872. The van der Waals surface area contributed by atoms with Crippen molar-refractivity contribution in [3.8, 4) is 0 Å². The normalized spacial score (nSPS) is 41.3. The molecule has 1 unspecified atom stereocenters. The summed E-state index contributed by atoms with van der Waals surface area (Å²) in [6.07, 6.45) is 0. The molecule has 0 saturated carbocycles. The maximum atomic E-state index is 5.51. The Balaban J connectivity index is 2.58. The third-order valence-corrected chi connectivity index (χ3v) is 1.19. The highest BCUT2D eigenvalue weighted by Gasteiger charge is 2.38. The Morgan fingerprint density at radius 1 is 1.33 bits per heavy atom. The molecular weight excluding hydrogens is 118 g/mol. The minimum Gasteiger partial charge on any atom is -0.335 e. The number of nitrogens with two attached hydrogens (primary N) is 1. The molecule has 54 valence electrons. The van der Waals surface area contributed by atoms with Crippen LogP contribution >= 0.6 is 0 Å². The molecule has 0 radical (unpaired) electrons. The van der Waals surface area contributed by atoms with Gasteiger partial charge in [0.1, 0.15) is 0 Å². The van der Waals surface area contributed by atoms with Gasteiger partial charge < -0.3 is 9.47 Å². The smallest absolute Gasteiger partial charge is 0.222 e. The van der Waals surface area contributed by atoms with Gasteiger partial charge in [-0.05, 0) is 13.8 Å². The number of hydrogen-bond acceptors (Lipinski definition) is 3. The van der Waals surface area contributed by atoms with Gasteiger partial charge in [0.05, 0.1) is 12.2 Å². The van der Waals surface area contributed by atoms with E-state index in [2.05, 4.69) is 0 Å². The number of hydrogen-bond donors (Lipinski definition) is 1. The van der Waals surface area contributed by atoms with E-state index >= 15 is 0 Å². The zero-order valence-electron chi connectivity index (χ0n) is 6.10. The highest BCUT2D eigenvalue weighted by Crippen LogP contribution is 2.25. The van der Waals surface area contributed by atoms with Crippen molar-refractivity contribution in [3.63, 3.8) is 0 Å². The zero-order chi connectivity index (χ0) is 7.12. The van der Waals surface area contributed by atoms with Crippen LogP contribution in [0.5, 0.6) is 0 Å². The summed E-state index contributed by atoms with van der Waals surface area (Å²) in [6.45, 7) is 6.18. The average Bonchev–Trinajstić information content (AvgIpc) is 1.78. The Morgan fingerprint density at radius 2 is 1.89 bits per heavy atom. The maximum Gasteiger partial charge on any atom is 0.222 e. The van der Waals surface area contributed by atoms with Crippen molar-refractivity contribution in [1.29, 1.82) is 0 Å². The molecule has 1 atom stereocenters. The van der Waals surface area contributed by atoms with Gasteiger partial charge in [0, 0.05) is 6.92 Å². The van der Waals surface area contributed by atoms with Crippen molar-refractivity contribution < 1.29 is 9.47 Å². The second-order valence-corrected chi connectivity index (χ2v) is 3.17. The lowest BCUT2D eigenvalue weighted by atomic mass is 10.2. The Labute approximate surface area is 55.1 Å². The van der Waals surface area contributed by atoms with E-state index in [0.29, 0.717) is 6.61 Å². The SMILES string of the molecule is CC1(C)COC(C)(N)O1. The van der Waals surface area contributed by atoms with Crippen molar-refractivity contribution in [2.75, 3.05) is 6.61 Å². The molecule has 1 fully saturated rings. The topological polar surface area (TPSA) is 44.5 Å². The van der Waals surface area contributed by atoms with Gasteiger partial charge in [-0.3, -0.25) is 5.73 Å². The van der Waals surface area contributed by atoms with Crippen LogP contribution in [0.25, 0.3) is 0 Å². The van der Waals surface area contributed by atoms with Gasteiger partial charge in [-0.1, -0.05) is 0 Å². The van der Waals surface area contributed by atoms with Crippen molar-refractivity contribution in [3.05, 3.63) is 0 Å². The van der Waals surface area contributed by atoms with E-state index in [4.69, 9.17) is 15.2 Å². The van der Waals surface area contributed by atoms with Crippen LogP contribution in [-0.4, -0.2) is 18.1 Å².